The number of sulfonamides is 2. The van der Waals surface area contributed by atoms with Crippen molar-refractivity contribution >= 4 is 26.1 Å². The molecule has 0 saturated heterocycles. The van der Waals surface area contributed by atoms with Gasteiger partial charge in [-0.3, -0.25) is 0 Å². The van der Waals surface area contributed by atoms with E-state index in [1.165, 1.54) is 36.2 Å². The van der Waals surface area contributed by atoms with E-state index in [-0.39, 0.29) is 28.9 Å². The summed E-state index contributed by atoms with van der Waals surface area (Å²) in [5.41, 5.74) is -0.638. The molecule has 0 aliphatic heterocycles. The van der Waals surface area contributed by atoms with Crippen LogP contribution in [0.4, 0.5) is 4.79 Å². The number of carbonyl (C=O) groups excluding carboxylic acids is 1. The number of rotatable bonds is 8. The van der Waals surface area contributed by atoms with Gasteiger partial charge in [0.2, 0.25) is 20.0 Å². The second-order valence-corrected chi connectivity index (χ2v) is 11.1. The lowest BCUT2D eigenvalue weighted by Gasteiger charge is -2.24. The quantitative estimate of drug-likeness (QED) is 0.637. The summed E-state index contributed by atoms with van der Waals surface area (Å²) in [5.74, 6) is 0. The normalized spacial score (nSPS) is 15.3. The van der Waals surface area contributed by atoms with Crippen molar-refractivity contribution in [2.75, 3.05) is 20.1 Å². The van der Waals surface area contributed by atoms with Crippen LogP contribution in [-0.4, -0.2) is 59.6 Å². The van der Waals surface area contributed by atoms with Gasteiger partial charge >= 0.3 is 6.09 Å². The molecule has 1 saturated carbocycles. The number of carbonyl (C=O) groups is 1. The van der Waals surface area contributed by atoms with Crippen LogP contribution in [0.2, 0.25) is 0 Å². The number of nitrogens with one attached hydrogen (secondary N) is 2. The maximum Gasteiger partial charge on any atom is 0.410 e. The van der Waals surface area contributed by atoms with E-state index in [4.69, 9.17) is 4.74 Å². The first-order valence-corrected chi connectivity index (χ1v) is 11.8. The van der Waals surface area contributed by atoms with Crippen molar-refractivity contribution in [2.24, 2.45) is 0 Å². The molecule has 1 aromatic carbocycles. The summed E-state index contributed by atoms with van der Waals surface area (Å²) in [5, 5.41) is 0. The van der Waals surface area contributed by atoms with Crippen molar-refractivity contribution in [1.29, 1.82) is 0 Å². The van der Waals surface area contributed by atoms with Crippen molar-refractivity contribution in [3.63, 3.8) is 0 Å². The average molecular weight is 434 g/mol. The number of likely N-dealkylation sites (N-methyl/N-ethyl adjacent to an activating group) is 1. The standard InChI is InChI=1S/C17H27N3O6S2/c1-17(2,3)26-16(21)20(4)12-11-18-27(22,23)14-7-9-15(10-8-14)28(24,25)19-13-5-6-13/h7-10,13,18-19H,5-6,11-12H2,1-4H3. The van der Waals surface area contributed by atoms with E-state index in [0.29, 0.717) is 0 Å². The van der Waals surface area contributed by atoms with E-state index in [2.05, 4.69) is 9.44 Å². The van der Waals surface area contributed by atoms with Crippen LogP contribution in [0.5, 0.6) is 0 Å². The summed E-state index contributed by atoms with van der Waals surface area (Å²) in [7, 11) is -5.96. The van der Waals surface area contributed by atoms with Crippen LogP contribution >= 0.6 is 0 Å². The van der Waals surface area contributed by atoms with E-state index < -0.39 is 31.7 Å². The van der Waals surface area contributed by atoms with Crippen LogP contribution in [-0.2, 0) is 24.8 Å². The predicted molar refractivity (Wildman–Crippen MR) is 104 cm³/mol. The molecular formula is C17H27N3O6S2. The molecule has 1 aliphatic rings. The van der Waals surface area contributed by atoms with Crippen molar-refractivity contribution in [3.8, 4) is 0 Å². The molecule has 0 atom stereocenters. The van der Waals surface area contributed by atoms with Gasteiger partial charge in [-0.15, -0.1) is 0 Å². The lowest BCUT2D eigenvalue weighted by Crippen LogP contribution is -2.39. The topological polar surface area (TPSA) is 122 Å². The molecule has 11 heteroatoms. The first kappa shape index (κ1) is 22.6. The summed E-state index contributed by atoms with van der Waals surface area (Å²) in [6.07, 6.45) is 1.07. The van der Waals surface area contributed by atoms with Gasteiger partial charge < -0.3 is 9.64 Å². The number of hydrogen-bond acceptors (Lipinski definition) is 6. The van der Waals surface area contributed by atoms with E-state index in [9.17, 15) is 21.6 Å². The minimum atomic E-state index is -3.83. The fourth-order valence-corrected chi connectivity index (χ4v) is 4.47. The molecule has 28 heavy (non-hydrogen) atoms. The maximum atomic E-state index is 12.4. The highest BCUT2D eigenvalue weighted by molar-refractivity contribution is 7.90. The highest BCUT2D eigenvalue weighted by atomic mass is 32.2. The van der Waals surface area contributed by atoms with Gasteiger partial charge in [0, 0.05) is 26.2 Å². The minimum absolute atomic E-state index is 0.0125. The minimum Gasteiger partial charge on any atom is -0.444 e. The van der Waals surface area contributed by atoms with Gasteiger partial charge in [0.1, 0.15) is 5.60 Å². The molecule has 0 aromatic heterocycles. The van der Waals surface area contributed by atoms with E-state index in [0.717, 1.165) is 12.8 Å². The molecule has 1 fully saturated rings. The number of ether oxygens (including phenoxy) is 1. The van der Waals surface area contributed by atoms with E-state index in [1.807, 2.05) is 0 Å². The predicted octanol–water partition coefficient (Wildman–Crippen LogP) is 1.27. The van der Waals surface area contributed by atoms with Crippen LogP contribution in [0.15, 0.2) is 34.1 Å². The van der Waals surface area contributed by atoms with Crippen molar-refractivity contribution in [2.45, 2.75) is 55.0 Å². The van der Waals surface area contributed by atoms with Gasteiger partial charge in [-0.05, 0) is 57.9 Å². The largest absolute Gasteiger partial charge is 0.444 e. The van der Waals surface area contributed by atoms with Gasteiger partial charge in [0.05, 0.1) is 9.79 Å². The summed E-state index contributed by atoms with van der Waals surface area (Å²) in [6.45, 7) is 5.33. The molecule has 0 spiro atoms. The van der Waals surface area contributed by atoms with Crippen LogP contribution < -0.4 is 9.44 Å². The Morgan fingerprint density at radius 3 is 2.04 bits per heavy atom. The Bertz CT molecular complexity index is 901. The average Bonchev–Trinajstić information content (AvgIpc) is 3.36. The summed E-state index contributed by atoms with van der Waals surface area (Å²) < 4.78 is 59.1. The lowest BCUT2D eigenvalue weighted by molar-refractivity contribution is 0.0302. The van der Waals surface area contributed by atoms with Gasteiger partial charge in [-0.1, -0.05) is 0 Å². The molecule has 0 radical (unpaired) electrons. The third kappa shape index (κ3) is 6.73. The summed E-state index contributed by atoms with van der Waals surface area (Å²) >= 11 is 0. The fourth-order valence-electron chi connectivity index (χ4n) is 2.15. The molecule has 2 rings (SSSR count). The molecule has 0 unspecified atom stereocenters. The highest BCUT2D eigenvalue weighted by Gasteiger charge is 2.28. The molecule has 0 heterocycles. The zero-order valence-corrected chi connectivity index (χ0v) is 18.1. The van der Waals surface area contributed by atoms with Crippen molar-refractivity contribution in [3.05, 3.63) is 24.3 Å². The Morgan fingerprint density at radius 2 is 1.57 bits per heavy atom. The second kappa shape index (κ2) is 8.36. The van der Waals surface area contributed by atoms with Crippen molar-refractivity contribution < 1.29 is 26.4 Å². The third-order valence-electron chi connectivity index (χ3n) is 3.79. The molecule has 1 amide bonds. The number of amides is 1. The third-order valence-corrected chi connectivity index (χ3v) is 6.80. The monoisotopic (exact) mass is 433 g/mol. The zero-order valence-electron chi connectivity index (χ0n) is 16.4. The Balaban J connectivity index is 1.92. The molecule has 0 bridgehead atoms. The van der Waals surface area contributed by atoms with Crippen LogP contribution in [0.25, 0.3) is 0 Å². The Morgan fingerprint density at radius 1 is 1.07 bits per heavy atom. The lowest BCUT2D eigenvalue weighted by atomic mass is 10.2. The fraction of sp³-hybridized carbons (Fsp3) is 0.588. The van der Waals surface area contributed by atoms with E-state index in [1.54, 1.807) is 20.8 Å². The number of nitrogens with zero attached hydrogens (tertiary/aromatic N) is 1. The Kier molecular flexibility index (Phi) is 6.74. The first-order chi connectivity index (χ1) is 12.8. The Hall–Kier alpha value is -1.69. The number of benzene rings is 1. The van der Waals surface area contributed by atoms with E-state index >= 15 is 0 Å². The summed E-state index contributed by atoms with van der Waals surface area (Å²) in [4.78, 5) is 13.1. The smallest absolute Gasteiger partial charge is 0.410 e. The molecule has 1 aromatic rings. The van der Waals surface area contributed by atoms with Gasteiger partial charge in [-0.2, -0.15) is 0 Å². The zero-order chi connectivity index (χ0) is 21.2. The van der Waals surface area contributed by atoms with Crippen LogP contribution in [0.1, 0.15) is 33.6 Å². The number of hydrogen-bond donors (Lipinski definition) is 2. The van der Waals surface area contributed by atoms with Gasteiger partial charge in [-0.25, -0.2) is 31.1 Å². The SMILES string of the molecule is CN(CCNS(=O)(=O)c1ccc(S(=O)(=O)NC2CC2)cc1)C(=O)OC(C)(C)C. The molecule has 2 N–H and O–H groups in total. The maximum absolute atomic E-state index is 12.4. The molecule has 9 nitrogen and oxygen atoms in total. The molecule has 158 valence electrons. The summed E-state index contributed by atoms with van der Waals surface area (Å²) in [6, 6.07) is 4.96. The molecule has 1 aliphatic carbocycles. The van der Waals surface area contributed by atoms with Gasteiger partial charge in [0.25, 0.3) is 0 Å². The van der Waals surface area contributed by atoms with Crippen molar-refractivity contribution in [1.82, 2.24) is 14.3 Å². The first-order valence-electron chi connectivity index (χ1n) is 8.86. The van der Waals surface area contributed by atoms with Gasteiger partial charge in [0.15, 0.2) is 0 Å². The highest BCUT2D eigenvalue weighted by Crippen LogP contribution is 2.22. The van der Waals surface area contributed by atoms with Crippen LogP contribution in [0.3, 0.4) is 0 Å². The van der Waals surface area contributed by atoms with Crippen LogP contribution in [0, 0.1) is 0 Å². The second-order valence-electron chi connectivity index (χ2n) is 7.67. The molecular weight excluding hydrogens is 406 g/mol. The Labute approximate surface area is 166 Å².